The molecule has 2 N–H and O–H groups in total. The zero-order valence-corrected chi connectivity index (χ0v) is 16.0. The third-order valence-corrected chi connectivity index (χ3v) is 7.48. The van der Waals surface area contributed by atoms with Gasteiger partial charge in [-0.1, -0.05) is 16.9 Å². The predicted molar refractivity (Wildman–Crippen MR) is 104 cm³/mol. The van der Waals surface area contributed by atoms with E-state index < -0.39 is 0 Å². The van der Waals surface area contributed by atoms with E-state index in [0.717, 1.165) is 29.8 Å². The Bertz CT molecular complexity index is 723. The maximum absolute atomic E-state index is 12.3. The Morgan fingerprint density at radius 2 is 2.21 bits per heavy atom. The SMILES string of the molecule is CNCCc1c[nH]c2cccc(OC(=O)SSC(C)(C)C3CC3)c12. The minimum atomic E-state index is -0.248. The van der Waals surface area contributed by atoms with E-state index in [2.05, 4.69) is 24.1 Å². The molecule has 0 amide bonds. The number of ether oxygens (including phenoxy) is 1. The van der Waals surface area contributed by atoms with Crippen LogP contribution in [0.4, 0.5) is 4.79 Å². The maximum Gasteiger partial charge on any atom is 0.383 e. The van der Waals surface area contributed by atoms with Gasteiger partial charge in [0.1, 0.15) is 5.75 Å². The molecule has 0 radical (unpaired) electrons. The summed E-state index contributed by atoms with van der Waals surface area (Å²) >= 11 is 0. The first-order chi connectivity index (χ1) is 11.5. The molecule has 1 aromatic carbocycles. The largest absolute Gasteiger partial charge is 0.417 e. The van der Waals surface area contributed by atoms with Crippen molar-refractivity contribution in [3.8, 4) is 5.75 Å². The van der Waals surface area contributed by atoms with Crippen molar-refractivity contribution in [1.82, 2.24) is 10.3 Å². The van der Waals surface area contributed by atoms with E-state index in [4.69, 9.17) is 4.74 Å². The lowest BCUT2D eigenvalue weighted by Crippen LogP contribution is -2.16. The monoisotopic (exact) mass is 364 g/mol. The highest BCUT2D eigenvalue weighted by atomic mass is 33.1. The molecule has 0 atom stereocenters. The molecule has 0 aliphatic heterocycles. The van der Waals surface area contributed by atoms with Crippen molar-refractivity contribution in [3.63, 3.8) is 0 Å². The lowest BCUT2D eigenvalue weighted by molar-refractivity contribution is 0.228. The molecule has 3 rings (SSSR count). The maximum atomic E-state index is 12.3. The van der Waals surface area contributed by atoms with Crippen LogP contribution in [0.2, 0.25) is 0 Å². The van der Waals surface area contributed by atoms with Gasteiger partial charge in [-0.25, -0.2) is 4.79 Å². The zero-order valence-electron chi connectivity index (χ0n) is 14.3. The van der Waals surface area contributed by atoms with Crippen LogP contribution < -0.4 is 10.1 Å². The second-order valence-corrected chi connectivity index (χ2v) is 9.46. The fraction of sp³-hybridized carbons (Fsp3) is 0.500. The van der Waals surface area contributed by atoms with E-state index in [0.29, 0.717) is 5.75 Å². The van der Waals surface area contributed by atoms with Gasteiger partial charge in [-0.2, -0.15) is 0 Å². The fourth-order valence-corrected chi connectivity index (χ4v) is 4.99. The number of carbonyl (C=O) groups is 1. The summed E-state index contributed by atoms with van der Waals surface area (Å²) in [6.07, 6.45) is 5.43. The van der Waals surface area contributed by atoms with Gasteiger partial charge in [0, 0.05) is 32.6 Å². The molecule has 0 saturated heterocycles. The molecule has 1 aliphatic rings. The van der Waals surface area contributed by atoms with Gasteiger partial charge in [-0.05, 0) is 70.3 Å². The summed E-state index contributed by atoms with van der Waals surface area (Å²) in [4.78, 5) is 15.5. The number of H-pyrrole nitrogens is 1. The Morgan fingerprint density at radius 3 is 2.92 bits per heavy atom. The first kappa shape index (κ1) is 17.7. The molecule has 6 heteroatoms. The molecule has 130 valence electrons. The Morgan fingerprint density at radius 1 is 1.42 bits per heavy atom. The van der Waals surface area contributed by atoms with Gasteiger partial charge in [0.15, 0.2) is 0 Å². The molecule has 1 fully saturated rings. The van der Waals surface area contributed by atoms with Gasteiger partial charge < -0.3 is 15.0 Å². The smallest absolute Gasteiger partial charge is 0.383 e. The number of benzene rings is 1. The number of aromatic nitrogens is 1. The third-order valence-electron chi connectivity index (χ3n) is 4.47. The standard InChI is InChI=1S/C18H24N2O2S2/c1-18(2,13-7-8-13)24-23-17(21)22-15-6-4-5-14-16(15)12(11-20-14)9-10-19-3/h4-6,11,13,19-20H,7-10H2,1-3H3. The average Bonchev–Trinajstić information content (AvgIpc) is 3.34. The molecule has 4 nitrogen and oxygen atoms in total. The lowest BCUT2D eigenvalue weighted by Gasteiger charge is -2.21. The van der Waals surface area contributed by atoms with E-state index in [1.165, 1.54) is 29.2 Å². The summed E-state index contributed by atoms with van der Waals surface area (Å²) in [5.74, 6) is 1.37. The molecule has 1 aliphatic carbocycles. The molecule has 1 heterocycles. The molecule has 24 heavy (non-hydrogen) atoms. The van der Waals surface area contributed by atoms with Crippen LogP contribution >= 0.6 is 21.6 Å². The van der Waals surface area contributed by atoms with Crippen molar-refractivity contribution >= 4 is 37.8 Å². The van der Waals surface area contributed by atoms with Crippen LogP contribution in [0, 0.1) is 5.92 Å². The number of nitrogens with one attached hydrogen (secondary N) is 2. The number of fused-ring (bicyclic) bond motifs is 1. The molecule has 2 aromatic rings. The van der Waals surface area contributed by atoms with E-state index in [1.54, 1.807) is 10.8 Å². The van der Waals surface area contributed by atoms with Crippen LogP contribution in [0.3, 0.4) is 0 Å². The Kier molecular flexibility index (Phi) is 5.47. The van der Waals surface area contributed by atoms with E-state index >= 15 is 0 Å². The van der Waals surface area contributed by atoms with Crippen molar-refractivity contribution in [1.29, 1.82) is 0 Å². The summed E-state index contributed by atoms with van der Waals surface area (Å²) in [6.45, 7) is 5.30. The first-order valence-corrected chi connectivity index (χ1v) is 10.5. The van der Waals surface area contributed by atoms with Gasteiger partial charge in [-0.3, -0.25) is 0 Å². The number of likely N-dealkylation sites (N-methyl/N-ethyl adjacent to an activating group) is 1. The van der Waals surface area contributed by atoms with Crippen molar-refractivity contribution < 1.29 is 9.53 Å². The van der Waals surface area contributed by atoms with Crippen LogP contribution in [0.5, 0.6) is 5.75 Å². The highest BCUT2D eigenvalue weighted by molar-refractivity contribution is 8.82. The number of carbonyl (C=O) groups excluding carboxylic acids is 1. The highest BCUT2D eigenvalue weighted by Crippen LogP contribution is 2.51. The van der Waals surface area contributed by atoms with Crippen LogP contribution in [0.15, 0.2) is 24.4 Å². The zero-order chi connectivity index (χ0) is 17.2. The summed E-state index contributed by atoms with van der Waals surface area (Å²) in [6, 6.07) is 5.79. The minimum Gasteiger partial charge on any atom is -0.417 e. The van der Waals surface area contributed by atoms with Gasteiger partial charge >= 0.3 is 5.30 Å². The number of hydrogen-bond acceptors (Lipinski definition) is 5. The number of hydrogen-bond donors (Lipinski definition) is 2. The highest BCUT2D eigenvalue weighted by Gasteiger charge is 2.39. The summed E-state index contributed by atoms with van der Waals surface area (Å²) < 4.78 is 5.79. The van der Waals surface area contributed by atoms with E-state index in [1.807, 2.05) is 31.4 Å². The Hall–Kier alpha value is -1.11. The van der Waals surface area contributed by atoms with E-state index in [-0.39, 0.29) is 10.0 Å². The van der Waals surface area contributed by atoms with Gasteiger partial charge in [0.05, 0.1) is 0 Å². The van der Waals surface area contributed by atoms with Crippen LogP contribution in [0.1, 0.15) is 32.3 Å². The van der Waals surface area contributed by atoms with Crippen molar-refractivity contribution in [2.75, 3.05) is 13.6 Å². The quantitative estimate of drug-likeness (QED) is 0.535. The molecular formula is C18H24N2O2S2. The second-order valence-electron chi connectivity index (χ2n) is 6.74. The summed E-state index contributed by atoms with van der Waals surface area (Å²) in [7, 11) is 4.78. The average molecular weight is 365 g/mol. The lowest BCUT2D eigenvalue weighted by atomic mass is 10.1. The van der Waals surface area contributed by atoms with Crippen LogP contribution in [0.25, 0.3) is 10.9 Å². The number of aromatic amines is 1. The summed E-state index contributed by atoms with van der Waals surface area (Å²) in [5, 5.41) is 3.91. The Labute approximate surface area is 150 Å². The third kappa shape index (κ3) is 4.10. The van der Waals surface area contributed by atoms with Crippen LogP contribution in [-0.2, 0) is 6.42 Å². The fourth-order valence-electron chi connectivity index (χ4n) is 2.86. The molecule has 0 bridgehead atoms. The van der Waals surface area contributed by atoms with Crippen LogP contribution in [-0.4, -0.2) is 28.6 Å². The van der Waals surface area contributed by atoms with Gasteiger partial charge in [-0.15, -0.1) is 0 Å². The molecule has 1 saturated carbocycles. The molecule has 0 unspecified atom stereocenters. The molecule has 1 aromatic heterocycles. The number of rotatable bonds is 7. The summed E-state index contributed by atoms with van der Waals surface area (Å²) in [5.41, 5.74) is 2.17. The molecular weight excluding hydrogens is 340 g/mol. The Balaban J connectivity index is 1.69. The van der Waals surface area contributed by atoms with Crippen molar-refractivity contribution in [2.45, 2.75) is 37.9 Å². The predicted octanol–water partition coefficient (Wildman–Crippen LogP) is 5.00. The molecule has 0 spiro atoms. The topological polar surface area (TPSA) is 54.1 Å². The van der Waals surface area contributed by atoms with Gasteiger partial charge in [0.25, 0.3) is 0 Å². The minimum absolute atomic E-state index is 0.127. The van der Waals surface area contributed by atoms with Crippen molar-refractivity contribution in [3.05, 3.63) is 30.0 Å². The van der Waals surface area contributed by atoms with Gasteiger partial charge in [0.2, 0.25) is 0 Å². The normalized spacial score (nSPS) is 15.0. The van der Waals surface area contributed by atoms with Crippen molar-refractivity contribution in [2.24, 2.45) is 5.92 Å². The second kappa shape index (κ2) is 7.42. The first-order valence-electron chi connectivity index (χ1n) is 8.32. The van der Waals surface area contributed by atoms with E-state index in [9.17, 15) is 4.79 Å².